The molecule has 1 aromatic rings. The molecule has 0 amide bonds. The molecule has 1 aromatic heterocycles. The van der Waals surface area contributed by atoms with Gasteiger partial charge in [-0.05, 0) is 15.9 Å². The molecule has 0 atom stereocenters. The van der Waals surface area contributed by atoms with Crippen molar-refractivity contribution >= 4 is 21.9 Å². The quantitative estimate of drug-likeness (QED) is 0.806. The second kappa shape index (κ2) is 3.36. The third-order valence-electron chi connectivity index (χ3n) is 1.12. The molecule has 0 saturated carbocycles. The fourth-order valence-corrected chi connectivity index (χ4v) is 1.10. The number of aromatic nitrogens is 2. The van der Waals surface area contributed by atoms with Crippen LogP contribution in [0.25, 0.3) is 0 Å². The van der Waals surface area contributed by atoms with Gasteiger partial charge in [-0.1, -0.05) is 0 Å². The molecule has 1 N–H and O–H groups in total. The molecule has 0 spiro atoms. The van der Waals surface area contributed by atoms with E-state index in [0.29, 0.717) is 4.47 Å². The Labute approximate surface area is 76.3 Å². The summed E-state index contributed by atoms with van der Waals surface area (Å²) in [6.45, 7) is -0.236. The topological polar surface area (TPSA) is 78.9 Å². The summed E-state index contributed by atoms with van der Waals surface area (Å²) in [5.74, 6) is -0.991. The first-order valence-corrected chi connectivity index (χ1v) is 3.77. The SMILES string of the molecule is N#Cc1nn(CC(=O)O)cc1Br. The van der Waals surface area contributed by atoms with Gasteiger partial charge in [-0.2, -0.15) is 10.4 Å². The Kier molecular flexibility index (Phi) is 2.45. The van der Waals surface area contributed by atoms with Crippen LogP contribution in [0, 0.1) is 11.3 Å². The Balaban J connectivity index is 2.91. The number of carboxylic acid groups (broad SMARTS) is 1. The maximum Gasteiger partial charge on any atom is 0.325 e. The van der Waals surface area contributed by atoms with Crippen LogP contribution in [0.4, 0.5) is 0 Å². The standard InChI is InChI=1S/C6H4BrN3O2/c7-4-2-10(3-6(11)12)9-5(4)1-8/h2H,3H2,(H,11,12). The summed E-state index contributed by atoms with van der Waals surface area (Å²) < 4.78 is 1.69. The van der Waals surface area contributed by atoms with Crippen LogP contribution in [0.3, 0.4) is 0 Å². The van der Waals surface area contributed by atoms with Gasteiger partial charge in [0.05, 0.1) is 4.47 Å². The molecule has 0 aliphatic carbocycles. The van der Waals surface area contributed by atoms with Crippen molar-refractivity contribution < 1.29 is 9.90 Å². The highest BCUT2D eigenvalue weighted by Crippen LogP contribution is 2.12. The molecular weight excluding hydrogens is 226 g/mol. The molecule has 12 heavy (non-hydrogen) atoms. The predicted molar refractivity (Wildman–Crippen MR) is 42.3 cm³/mol. The van der Waals surface area contributed by atoms with Gasteiger partial charge in [0.15, 0.2) is 5.69 Å². The van der Waals surface area contributed by atoms with E-state index in [0.717, 1.165) is 0 Å². The number of halogens is 1. The van der Waals surface area contributed by atoms with Crippen molar-refractivity contribution in [3.8, 4) is 6.07 Å². The van der Waals surface area contributed by atoms with Gasteiger partial charge in [-0.3, -0.25) is 9.48 Å². The van der Waals surface area contributed by atoms with E-state index in [9.17, 15) is 4.79 Å². The smallest absolute Gasteiger partial charge is 0.325 e. The number of nitriles is 1. The zero-order valence-electron chi connectivity index (χ0n) is 5.86. The second-order valence-corrected chi connectivity index (χ2v) is 2.88. The summed E-state index contributed by atoms with van der Waals surface area (Å²) in [5, 5.41) is 20.5. The van der Waals surface area contributed by atoms with E-state index in [1.165, 1.54) is 10.9 Å². The maximum atomic E-state index is 10.2. The first-order valence-electron chi connectivity index (χ1n) is 2.98. The lowest BCUT2D eigenvalue weighted by Crippen LogP contribution is -2.08. The average Bonchev–Trinajstić information content (AvgIpc) is 2.29. The minimum atomic E-state index is -0.991. The van der Waals surface area contributed by atoms with Crippen molar-refractivity contribution in [1.29, 1.82) is 5.26 Å². The van der Waals surface area contributed by atoms with Crippen LogP contribution in [0.2, 0.25) is 0 Å². The normalized spacial score (nSPS) is 9.33. The zero-order valence-corrected chi connectivity index (χ0v) is 7.45. The first-order chi connectivity index (χ1) is 5.63. The number of rotatable bonds is 2. The van der Waals surface area contributed by atoms with Crippen molar-refractivity contribution in [3.63, 3.8) is 0 Å². The number of aliphatic carboxylic acids is 1. The first kappa shape index (κ1) is 8.74. The van der Waals surface area contributed by atoms with E-state index in [2.05, 4.69) is 21.0 Å². The second-order valence-electron chi connectivity index (χ2n) is 2.03. The molecule has 6 heteroatoms. The van der Waals surface area contributed by atoms with E-state index in [-0.39, 0.29) is 12.2 Å². The van der Waals surface area contributed by atoms with Crippen molar-refractivity contribution in [2.45, 2.75) is 6.54 Å². The molecule has 0 aromatic carbocycles. The van der Waals surface area contributed by atoms with Gasteiger partial charge in [0.1, 0.15) is 12.6 Å². The van der Waals surface area contributed by atoms with Crippen molar-refractivity contribution in [3.05, 3.63) is 16.4 Å². The number of hydrogen-bond acceptors (Lipinski definition) is 3. The van der Waals surface area contributed by atoms with Gasteiger partial charge in [0, 0.05) is 6.20 Å². The summed E-state index contributed by atoms with van der Waals surface area (Å²) in [6, 6.07) is 1.82. The Bertz CT molecular complexity index is 352. The summed E-state index contributed by atoms with van der Waals surface area (Å²) in [6.07, 6.45) is 1.45. The summed E-state index contributed by atoms with van der Waals surface area (Å²) in [5.41, 5.74) is 0.191. The molecule has 0 aliphatic heterocycles. The van der Waals surface area contributed by atoms with Gasteiger partial charge in [0.25, 0.3) is 0 Å². The fourth-order valence-electron chi connectivity index (χ4n) is 0.692. The molecule has 0 radical (unpaired) electrons. The lowest BCUT2D eigenvalue weighted by atomic mass is 10.5. The van der Waals surface area contributed by atoms with Gasteiger partial charge in [-0.25, -0.2) is 0 Å². The zero-order chi connectivity index (χ0) is 9.14. The highest BCUT2D eigenvalue weighted by molar-refractivity contribution is 9.10. The molecule has 1 rings (SSSR count). The molecule has 62 valence electrons. The number of hydrogen-bond donors (Lipinski definition) is 1. The van der Waals surface area contributed by atoms with Crippen molar-refractivity contribution in [1.82, 2.24) is 9.78 Å². The van der Waals surface area contributed by atoms with E-state index in [4.69, 9.17) is 10.4 Å². The third kappa shape index (κ3) is 1.83. The molecule has 1 heterocycles. The molecule has 0 unspecified atom stereocenters. The highest BCUT2D eigenvalue weighted by Gasteiger charge is 2.06. The summed E-state index contributed by atoms with van der Waals surface area (Å²) in [7, 11) is 0. The van der Waals surface area contributed by atoms with Crippen molar-refractivity contribution in [2.24, 2.45) is 0 Å². The molecule has 0 bridgehead atoms. The van der Waals surface area contributed by atoms with Crippen LogP contribution in [-0.4, -0.2) is 20.9 Å². The van der Waals surface area contributed by atoms with Crippen LogP contribution >= 0.6 is 15.9 Å². The summed E-state index contributed by atoms with van der Waals surface area (Å²) >= 11 is 3.07. The lowest BCUT2D eigenvalue weighted by Gasteiger charge is -1.91. The Hall–Kier alpha value is -1.35. The Morgan fingerprint density at radius 1 is 1.92 bits per heavy atom. The van der Waals surface area contributed by atoms with Crippen LogP contribution in [0.1, 0.15) is 5.69 Å². The van der Waals surface area contributed by atoms with Gasteiger partial charge < -0.3 is 5.11 Å². The van der Waals surface area contributed by atoms with E-state index in [1.54, 1.807) is 0 Å². The monoisotopic (exact) mass is 229 g/mol. The van der Waals surface area contributed by atoms with Gasteiger partial charge >= 0.3 is 5.97 Å². The predicted octanol–water partition coefficient (Wildman–Crippen LogP) is 0.602. The molecule has 0 saturated heterocycles. The third-order valence-corrected chi connectivity index (χ3v) is 1.70. The number of nitrogens with zero attached hydrogens (tertiary/aromatic N) is 3. The van der Waals surface area contributed by atoms with Crippen LogP contribution < -0.4 is 0 Å². The minimum absolute atomic E-state index is 0.191. The summed E-state index contributed by atoms with van der Waals surface area (Å²) in [4.78, 5) is 10.2. The van der Waals surface area contributed by atoms with Gasteiger partial charge in [0.2, 0.25) is 0 Å². The average molecular weight is 230 g/mol. The fraction of sp³-hybridized carbons (Fsp3) is 0.167. The number of carbonyl (C=O) groups is 1. The Morgan fingerprint density at radius 3 is 3.00 bits per heavy atom. The van der Waals surface area contributed by atoms with E-state index < -0.39 is 5.97 Å². The molecule has 0 fully saturated rings. The largest absolute Gasteiger partial charge is 0.480 e. The van der Waals surface area contributed by atoms with Crippen LogP contribution in [0.5, 0.6) is 0 Å². The van der Waals surface area contributed by atoms with Gasteiger partial charge in [-0.15, -0.1) is 0 Å². The Morgan fingerprint density at radius 2 is 2.58 bits per heavy atom. The van der Waals surface area contributed by atoms with Crippen LogP contribution in [0.15, 0.2) is 10.7 Å². The molecule has 0 aliphatic rings. The molecule has 5 nitrogen and oxygen atoms in total. The van der Waals surface area contributed by atoms with Crippen LogP contribution in [-0.2, 0) is 11.3 Å². The lowest BCUT2D eigenvalue weighted by molar-refractivity contribution is -0.137. The number of carboxylic acids is 1. The van der Waals surface area contributed by atoms with Crippen molar-refractivity contribution in [2.75, 3.05) is 0 Å². The van der Waals surface area contributed by atoms with E-state index >= 15 is 0 Å². The maximum absolute atomic E-state index is 10.2. The molecular formula is C6H4BrN3O2. The van der Waals surface area contributed by atoms with E-state index in [1.807, 2.05) is 6.07 Å². The highest BCUT2D eigenvalue weighted by atomic mass is 79.9. The minimum Gasteiger partial charge on any atom is -0.480 e.